The fourth-order valence-electron chi connectivity index (χ4n) is 4.29. The summed E-state index contributed by atoms with van der Waals surface area (Å²) >= 11 is 0. The predicted molar refractivity (Wildman–Crippen MR) is 68.1 cm³/mol. The van der Waals surface area contributed by atoms with E-state index in [9.17, 15) is 0 Å². The van der Waals surface area contributed by atoms with Crippen LogP contribution < -0.4 is 4.90 Å². The number of rotatable bonds is 1. The van der Waals surface area contributed by atoms with Gasteiger partial charge in [-0.3, -0.25) is 9.88 Å². The molecule has 0 aliphatic carbocycles. The third-order valence-electron chi connectivity index (χ3n) is 5.18. The van der Waals surface area contributed by atoms with Crippen molar-refractivity contribution in [2.24, 2.45) is 5.92 Å². The van der Waals surface area contributed by atoms with Crippen molar-refractivity contribution in [3.05, 3.63) is 24.5 Å². The molecule has 3 fully saturated rings. The number of anilines is 1. The molecule has 1 aromatic heterocycles. The number of pyridine rings is 1. The SMILES string of the molecule is c1cncc(N2CC[C@]3(C2)C2CCN3CC2)c1. The first kappa shape index (κ1) is 9.89. The molecule has 3 saturated heterocycles. The molecule has 0 amide bonds. The van der Waals surface area contributed by atoms with E-state index in [2.05, 4.69) is 20.9 Å². The highest BCUT2D eigenvalue weighted by Gasteiger charge is 2.55. The quantitative estimate of drug-likeness (QED) is 0.731. The topological polar surface area (TPSA) is 19.4 Å². The number of nitrogens with zero attached hydrogens (tertiary/aromatic N) is 3. The predicted octanol–water partition coefficient (Wildman–Crippen LogP) is 1.76. The van der Waals surface area contributed by atoms with Crippen molar-refractivity contribution in [3.63, 3.8) is 0 Å². The Balaban J connectivity index is 1.61. The van der Waals surface area contributed by atoms with Crippen LogP contribution in [0.1, 0.15) is 19.3 Å². The summed E-state index contributed by atoms with van der Waals surface area (Å²) in [6.45, 7) is 5.11. The first-order valence-electron chi connectivity index (χ1n) is 6.78. The van der Waals surface area contributed by atoms with E-state index < -0.39 is 0 Å². The second-order valence-electron chi connectivity index (χ2n) is 5.75. The van der Waals surface area contributed by atoms with Crippen molar-refractivity contribution >= 4 is 5.69 Å². The Kier molecular flexibility index (Phi) is 2.01. The number of hydrogen-bond acceptors (Lipinski definition) is 3. The molecular formula is C14H19N3. The van der Waals surface area contributed by atoms with Crippen LogP contribution in [0.25, 0.3) is 0 Å². The van der Waals surface area contributed by atoms with E-state index in [1.807, 2.05) is 18.5 Å². The van der Waals surface area contributed by atoms with Gasteiger partial charge < -0.3 is 4.90 Å². The fourth-order valence-corrected chi connectivity index (χ4v) is 4.29. The van der Waals surface area contributed by atoms with Gasteiger partial charge in [-0.25, -0.2) is 0 Å². The summed E-state index contributed by atoms with van der Waals surface area (Å²) in [6, 6.07) is 4.24. The molecule has 90 valence electrons. The van der Waals surface area contributed by atoms with Crippen LogP contribution in [0.5, 0.6) is 0 Å². The molecule has 17 heavy (non-hydrogen) atoms. The minimum Gasteiger partial charge on any atom is -0.368 e. The minimum absolute atomic E-state index is 0.524. The average molecular weight is 229 g/mol. The van der Waals surface area contributed by atoms with Crippen molar-refractivity contribution in [2.75, 3.05) is 31.1 Å². The summed E-state index contributed by atoms with van der Waals surface area (Å²) in [5.41, 5.74) is 1.83. The lowest BCUT2D eigenvalue weighted by atomic mass is 9.85. The van der Waals surface area contributed by atoms with Crippen molar-refractivity contribution < 1.29 is 0 Å². The lowest BCUT2D eigenvalue weighted by molar-refractivity contribution is 0.194. The Morgan fingerprint density at radius 1 is 1.24 bits per heavy atom. The number of aromatic nitrogens is 1. The minimum atomic E-state index is 0.524. The molecule has 1 aromatic rings. The molecule has 3 aliphatic heterocycles. The van der Waals surface area contributed by atoms with E-state index in [0.717, 1.165) is 5.92 Å². The molecule has 3 aliphatic rings. The summed E-state index contributed by atoms with van der Waals surface area (Å²) in [5, 5.41) is 0. The number of piperidine rings is 1. The van der Waals surface area contributed by atoms with Crippen LogP contribution in [0.15, 0.2) is 24.5 Å². The van der Waals surface area contributed by atoms with E-state index in [4.69, 9.17) is 0 Å². The van der Waals surface area contributed by atoms with E-state index in [-0.39, 0.29) is 0 Å². The second kappa shape index (κ2) is 3.45. The zero-order chi connectivity index (χ0) is 11.3. The van der Waals surface area contributed by atoms with E-state index in [0.29, 0.717) is 5.54 Å². The summed E-state index contributed by atoms with van der Waals surface area (Å²) in [7, 11) is 0. The van der Waals surface area contributed by atoms with Gasteiger partial charge in [-0.1, -0.05) is 0 Å². The highest BCUT2D eigenvalue weighted by atomic mass is 15.3. The highest BCUT2D eigenvalue weighted by Crippen LogP contribution is 2.49. The maximum absolute atomic E-state index is 4.24. The van der Waals surface area contributed by atoms with Gasteiger partial charge in [0.1, 0.15) is 0 Å². The van der Waals surface area contributed by atoms with Crippen molar-refractivity contribution in [2.45, 2.75) is 24.8 Å². The molecule has 1 spiro atoms. The van der Waals surface area contributed by atoms with Crippen LogP contribution >= 0.6 is 0 Å². The van der Waals surface area contributed by atoms with Crippen molar-refractivity contribution in [1.29, 1.82) is 0 Å². The monoisotopic (exact) mass is 229 g/mol. The van der Waals surface area contributed by atoms with E-state index in [1.165, 1.54) is 51.1 Å². The van der Waals surface area contributed by atoms with Crippen LogP contribution in [-0.4, -0.2) is 41.6 Å². The van der Waals surface area contributed by atoms with Crippen LogP contribution in [0.4, 0.5) is 5.69 Å². The normalized spacial score (nSPS) is 39.4. The summed E-state index contributed by atoms with van der Waals surface area (Å²) in [5.74, 6) is 0.962. The molecule has 0 radical (unpaired) electrons. The smallest absolute Gasteiger partial charge is 0.0553 e. The van der Waals surface area contributed by atoms with Gasteiger partial charge in [0, 0.05) is 24.8 Å². The van der Waals surface area contributed by atoms with Gasteiger partial charge in [0.25, 0.3) is 0 Å². The van der Waals surface area contributed by atoms with Gasteiger partial charge in [0.2, 0.25) is 0 Å². The lowest BCUT2D eigenvalue weighted by Gasteiger charge is -2.32. The van der Waals surface area contributed by atoms with Crippen molar-refractivity contribution in [3.8, 4) is 0 Å². The first-order valence-corrected chi connectivity index (χ1v) is 6.78. The van der Waals surface area contributed by atoms with E-state index in [1.54, 1.807) is 0 Å². The largest absolute Gasteiger partial charge is 0.368 e. The third-order valence-corrected chi connectivity index (χ3v) is 5.18. The maximum atomic E-state index is 4.24. The molecule has 0 unspecified atom stereocenters. The van der Waals surface area contributed by atoms with Gasteiger partial charge in [-0.2, -0.15) is 0 Å². The zero-order valence-electron chi connectivity index (χ0n) is 10.2. The first-order chi connectivity index (χ1) is 8.38. The molecule has 4 heterocycles. The Labute approximate surface area is 102 Å². The molecular weight excluding hydrogens is 210 g/mol. The molecule has 3 heteroatoms. The molecule has 3 nitrogen and oxygen atoms in total. The third kappa shape index (κ3) is 1.29. The highest BCUT2D eigenvalue weighted by molar-refractivity contribution is 5.46. The summed E-state index contributed by atoms with van der Waals surface area (Å²) in [4.78, 5) is 9.53. The van der Waals surface area contributed by atoms with Gasteiger partial charge >= 0.3 is 0 Å². The molecule has 4 rings (SSSR count). The number of hydrogen-bond donors (Lipinski definition) is 0. The van der Waals surface area contributed by atoms with Crippen LogP contribution in [-0.2, 0) is 0 Å². The van der Waals surface area contributed by atoms with Gasteiger partial charge in [0.05, 0.1) is 11.9 Å². The maximum Gasteiger partial charge on any atom is 0.0553 e. The lowest BCUT2D eigenvalue weighted by Crippen LogP contribution is -2.44. The Morgan fingerprint density at radius 3 is 2.76 bits per heavy atom. The Bertz CT molecular complexity index is 397. The standard InChI is InChI=1S/C14H19N3/c1-2-13(10-15-6-1)16-9-5-14(11-16)12-3-7-17(14)8-4-12/h1-2,6,10,12H,3-5,7-9,11H2/t14-/m0/s1. The van der Waals surface area contributed by atoms with Gasteiger partial charge in [-0.05, 0) is 50.4 Å². The Hall–Kier alpha value is -1.09. The van der Waals surface area contributed by atoms with Gasteiger partial charge in [-0.15, -0.1) is 0 Å². The molecule has 2 bridgehead atoms. The van der Waals surface area contributed by atoms with Crippen LogP contribution in [0.3, 0.4) is 0 Å². The van der Waals surface area contributed by atoms with Crippen LogP contribution in [0, 0.1) is 5.92 Å². The summed E-state index contributed by atoms with van der Waals surface area (Å²) in [6.07, 6.45) is 8.08. The average Bonchev–Trinajstić information content (AvgIpc) is 3.08. The fraction of sp³-hybridized carbons (Fsp3) is 0.643. The zero-order valence-corrected chi connectivity index (χ0v) is 10.2. The van der Waals surface area contributed by atoms with E-state index >= 15 is 0 Å². The molecule has 0 N–H and O–H groups in total. The summed E-state index contributed by atoms with van der Waals surface area (Å²) < 4.78 is 0. The molecule has 1 atom stereocenters. The van der Waals surface area contributed by atoms with Crippen LogP contribution in [0.2, 0.25) is 0 Å². The Morgan fingerprint density at radius 2 is 2.12 bits per heavy atom. The molecule has 0 aromatic carbocycles. The second-order valence-corrected chi connectivity index (χ2v) is 5.75. The molecule has 0 saturated carbocycles. The van der Waals surface area contributed by atoms with Crippen molar-refractivity contribution in [1.82, 2.24) is 9.88 Å². The van der Waals surface area contributed by atoms with Gasteiger partial charge in [0.15, 0.2) is 0 Å².